The van der Waals surface area contributed by atoms with Gasteiger partial charge in [-0.2, -0.15) is 0 Å². The monoisotopic (exact) mass is 320 g/mol. The molecule has 0 unspecified atom stereocenters. The van der Waals surface area contributed by atoms with Crippen LogP contribution in [-0.4, -0.2) is 58.5 Å². The fourth-order valence-electron chi connectivity index (χ4n) is 3.48. The topological polar surface area (TPSA) is 87.3 Å². The van der Waals surface area contributed by atoms with Gasteiger partial charge in [0.15, 0.2) is 0 Å². The molecule has 126 valence electrons. The van der Waals surface area contributed by atoms with Crippen molar-refractivity contribution >= 4 is 11.8 Å². The van der Waals surface area contributed by atoms with E-state index < -0.39 is 5.54 Å². The van der Waals surface area contributed by atoms with Crippen molar-refractivity contribution in [1.82, 2.24) is 20.2 Å². The van der Waals surface area contributed by atoms with Crippen LogP contribution in [0.2, 0.25) is 0 Å². The second-order valence-corrected chi connectivity index (χ2v) is 6.38. The van der Waals surface area contributed by atoms with Gasteiger partial charge in [-0.05, 0) is 19.8 Å². The highest BCUT2D eigenvalue weighted by molar-refractivity contribution is 5.98. The molecule has 2 N–H and O–H groups in total. The van der Waals surface area contributed by atoms with Crippen LogP contribution in [0.25, 0.3) is 0 Å². The zero-order valence-corrected chi connectivity index (χ0v) is 13.6. The quantitative estimate of drug-likeness (QED) is 0.870. The number of nitrogens with one attached hydrogen (secondary N) is 2. The molecule has 7 nitrogen and oxygen atoms in total. The number of carbonyl (C=O) groups is 2. The molecule has 1 saturated heterocycles. The van der Waals surface area contributed by atoms with Gasteiger partial charge in [0.1, 0.15) is 11.2 Å². The Morgan fingerprint density at radius 2 is 1.96 bits per heavy atom. The van der Waals surface area contributed by atoms with Crippen LogP contribution < -0.4 is 5.32 Å². The van der Waals surface area contributed by atoms with E-state index in [9.17, 15) is 9.59 Å². The highest BCUT2D eigenvalue weighted by Crippen LogP contribution is 2.31. The Balaban J connectivity index is 1.80. The third kappa shape index (κ3) is 3.24. The summed E-state index contributed by atoms with van der Waals surface area (Å²) in [4.78, 5) is 34.5. The summed E-state index contributed by atoms with van der Waals surface area (Å²) in [5, 5.41) is 3.02. The molecule has 1 aliphatic heterocycles. The number of ether oxygens (including phenoxy) is 1. The third-order valence-corrected chi connectivity index (χ3v) is 4.81. The first-order valence-corrected chi connectivity index (χ1v) is 8.32. The first kappa shape index (κ1) is 16.0. The summed E-state index contributed by atoms with van der Waals surface area (Å²) >= 11 is 0. The number of aryl methyl sites for hydroxylation is 1. The van der Waals surface area contributed by atoms with Gasteiger partial charge in [0.25, 0.3) is 5.91 Å². The predicted molar refractivity (Wildman–Crippen MR) is 84.0 cm³/mol. The molecule has 1 aliphatic carbocycles. The first-order valence-electron chi connectivity index (χ1n) is 8.32. The van der Waals surface area contributed by atoms with Gasteiger partial charge in [-0.25, -0.2) is 4.98 Å². The van der Waals surface area contributed by atoms with Gasteiger partial charge in [-0.3, -0.25) is 9.59 Å². The second kappa shape index (κ2) is 6.70. The van der Waals surface area contributed by atoms with Gasteiger partial charge in [0.2, 0.25) is 5.91 Å². The molecule has 0 spiro atoms. The standard InChI is InChI=1S/C16H24N4O3/c1-12-13(18-11-17-12)14(21)19-16(5-3-2-4-6-16)15(22)20-7-9-23-10-8-20/h11H,2-10H2,1H3,(H,17,18)(H,19,21). The maximum atomic E-state index is 13.1. The first-order chi connectivity index (χ1) is 11.1. The number of amides is 2. The van der Waals surface area contributed by atoms with Crippen molar-refractivity contribution in [2.45, 2.75) is 44.6 Å². The van der Waals surface area contributed by atoms with E-state index in [2.05, 4.69) is 15.3 Å². The molecule has 3 rings (SSSR count). The minimum Gasteiger partial charge on any atom is -0.378 e. The minimum atomic E-state index is -0.794. The number of carbonyl (C=O) groups excluding carboxylic acids is 2. The SMILES string of the molecule is Cc1[nH]cnc1C(=O)NC1(C(=O)N2CCOCC2)CCCCC1. The van der Waals surface area contributed by atoms with E-state index in [0.29, 0.717) is 50.5 Å². The molecule has 0 radical (unpaired) electrons. The van der Waals surface area contributed by atoms with E-state index >= 15 is 0 Å². The average molecular weight is 320 g/mol. The number of rotatable bonds is 3. The minimum absolute atomic E-state index is 0.0297. The molecule has 1 aromatic rings. The van der Waals surface area contributed by atoms with Gasteiger partial charge < -0.3 is 19.9 Å². The Bertz CT molecular complexity index is 572. The largest absolute Gasteiger partial charge is 0.378 e. The molecule has 1 saturated carbocycles. The molecular weight excluding hydrogens is 296 g/mol. The summed E-state index contributed by atoms with van der Waals surface area (Å²) in [5.41, 5.74) is 0.287. The lowest BCUT2D eigenvalue weighted by Gasteiger charge is -2.41. The molecule has 2 fully saturated rings. The fraction of sp³-hybridized carbons (Fsp3) is 0.688. The van der Waals surface area contributed by atoms with Crippen molar-refractivity contribution in [1.29, 1.82) is 0 Å². The van der Waals surface area contributed by atoms with Gasteiger partial charge >= 0.3 is 0 Å². The van der Waals surface area contributed by atoms with Gasteiger partial charge in [-0.15, -0.1) is 0 Å². The van der Waals surface area contributed by atoms with Crippen LogP contribution in [0.4, 0.5) is 0 Å². The molecule has 0 aromatic carbocycles. The van der Waals surface area contributed by atoms with E-state index in [1.165, 1.54) is 6.33 Å². The lowest BCUT2D eigenvalue weighted by atomic mass is 9.80. The predicted octanol–water partition coefficient (Wildman–Crippen LogP) is 1.01. The number of hydrogen-bond acceptors (Lipinski definition) is 4. The average Bonchev–Trinajstić information content (AvgIpc) is 3.02. The maximum Gasteiger partial charge on any atom is 0.272 e. The summed E-state index contributed by atoms with van der Waals surface area (Å²) in [6.07, 6.45) is 5.90. The Morgan fingerprint density at radius 3 is 2.57 bits per heavy atom. The smallest absolute Gasteiger partial charge is 0.272 e. The Morgan fingerprint density at radius 1 is 1.26 bits per heavy atom. The van der Waals surface area contributed by atoms with E-state index in [-0.39, 0.29) is 11.8 Å². The summed E-state index contributed by atoms with van der Waals surface area (Å²) in [6, 6.07) is 0. The summed E-state index contributed by atoms with van der Waals surface area (Å²) in [5.74, 6) is -0.241. The molecule has 23 heavy (non-hydrogen) atoms. The van der Waals surface area contributed by atoms with Crippen molar-refractivity contribution in [3.05, 3.63) is 17.7 Å². The van der Waals surface area contributed by atoms with Crippen molar-refractivity contribution < 1.29 is 14.3 Å². The van der Waals surface area contributed by atoms with Crippen LogP contribution in [0.15, 0.2) is 6.33 Å². The van der Waals surface area contributed by atoms with Crippen LogP contribution in [0.1, 0.15) is 48.3 Å². The van der Waals surface area contributed by atoms with Crippen LogP contribution in [0.5, 0.6) is 0 Å². The summed E-state index contributed by atoms with van der Waals surface area (Å²) < 4.78 is 5.33. The molecular formula is C16H24N4O3. The normalized spacial score (nSPS) is 21.0. The molecule has 2 aliphatic rings. The zero-order valence-electron chi connectivity index (χ0n) is 13.6. The van der Waals surface area contributed by atoms with Crippen LogP contribution in [0.3, 0.4) is 0 Å². The molecule has 0 atom stereocenters. The van der Waals surface area contributed by atoms with Crippen LogP contribution in [0, 0.1) is 6.92 Å². The van der Waals surface area contributed by atoms with E-state index in [1.807, 2.05) is 4.90 Å². The van der Waals surface area contributed by atoms with E-state index in [0.717, 1.165) is 19.3 Å². The molecule has 1 aromatic heterocycles. The summed E-state index contributed by atoms with van der Waals surface area (Å²) in [6.45, 7) is 4.12. The number of H-pyrrole nitrogens is 1. The number of nitrogens with zero attached hydrogens (tertiary/aromatic N) is 2. The lowest BCUT2D eigenvalue weighted by molar-refractivity contribution is -0.143. The number of imidazole rings is 1. The van der Waals surface area contributed by atoms with Crippen LogP contribution >= 0.6 is 0 Å². The molecule has 2 amide bonds. The number of hydrogen-bond donors (Lipinski definition) is 2. The zero-order chi connectivity index (χ0) is 16.3. The van der Waals surface area contributed by atoms with Crippen molar-refractivity contribution in [2.75, 3.05) is 26.3 Å². The van der Waals surface area contributed by atoms with Gasteiger partial charge in [0.05, 0.1) is 19.5 Å². The molecule has 0 bridgehead atoms. The maximum absolute atomic E-state index is 13.1. The van der Waals surface area contributed by atoms with Gasteiger partial charge in [0, 0.05) is 18.8 Å². The highest BCUT2D eigenvalue weighted by atomic mass is 16.5. The van der Waals surface area contributed by atoms with Crippen molar-refractivity contribution in [3.8, 4) is 0 Å². The fourth-order valence-corrected chi connectivity index (χ4v) is 3.48. The Kier molecular flexibility index (Phi) is 4.66. The number of aromatic nitrogens is 2. The Hall–Kier alpha value is -1.89. The Labute approximate surface area is 135 Å². The van der Waals surface area contributed by atoms with Crippen molar-refractivity contribution in [2.24, 2.45) is 0 Å². The molecule has 7 heteroatoms. The highest BCUT2D eigenvalue weighted by Gasteiger charge is 2.44. The van der Waals surface area contributed by atoms with Crippen LogP contribution in [-0.2, 0) is 9.53 Å². The third-order valence-electron chi connectivity index (χ3n) is 4.81. The van der Waals surface area contributed by atoms with Gasteiger partial charge in [-0.1, -0.05) is 19.3 Å². The second-order valence-electron chi connectivity index (χ2n) is 6.38. The molecule has 2 heterocycles. The van der Waals surface area contributed by atoms with E-state index in [1.54, 1.807) is 6.92 Å². The lowest BCUT2D eigenvalue weighted by Crippen LogP contribution is -2.62. The number of aromatic amines is 1. The van der Waals surface area contributed by atoms with Crippen molar-refractivity contribution in [3.63, 3.8) is 0 Å². The van der Waals surface area contributed by atoms with E-state index in [4.69, 9.17) is 4.74 Å². The number of morpholine rings is 1. The summed E-state index contributed by atoms with van der Waals surface area (Å²) in [7, 11) is 0.